The Hall–Kier alpha value is -1.89. The number of carbonyl (C=O) groups excluding carboxylic acids is 1. The standard InChI is InChI=1S/C17H24N4O5S3/c1-11(2)10-27-17-20-19-16(28-17)18-15(22)9-21(3)29(23,24)12-6-7-13(25-4)14(8-12)26-5/h6-8,11H,9-10H2,1-5H3,(H,18,19,22). The van der Waals surface area contributed by atoms with Gasteiger partial charge in [-0.25, -0.2) is 8.42 Å². The number of rotatable bonds is 10. The Morgan fingerprint density at radius 1 is 1.24 bits per heavy atom. The van der Waals surface area contributed by atoms with E-state index in [0.29, 0.717) is 16.8 Å². The first-order chi connectivity index (χ1) is 13.7. The monoisotopic (exact) mass is 460 g/mol. The zero-order chi connectivity index (χ0) is 21.6. The second-order valence-electron chi connectivity index (χ2n) is 6.40. The second-order valence-corrected chi connectivity index (χ2v) is 10.7. The quantitative estimate of drug-likeness (QED) is 0.425. The number of thioether (sulfide) groups is 1. The van der Waals surface area contributed by atoms with Gasteiger partial charge in [0.15, 0.2) is 15.8 Å². The molecule has 2 aromatic rings. The summed E-state index contributed by atoms with van der Waals surface area (Å²) in [4.78, 5) is 12.3. The lowest BCUT2D eigenvalue weighted by molar-refractivity contribution is -0.116. The average Bonchev–Trinajstić information content (AvgIpc) is 3.12. The first-order valence-corrected chi connectivity index (χ1v) is 11.9. The van der Waals surface area contributed by atoms with E-state index >= 15 is 0 Å². The SMILES string of the molecule is COc1ccc(S(=O)(=O)N(C)CC(=O)Nc2nnc(SCC(C)C)s2)cc1OC. The molecule has 0 unspecified atom stereocenters. The highest BCUT2D eigenvalue weighted by atomic mass is 32.2. The van der Waals surface area contributed by atoms with E-state index in [2.05, 4.69) is 29.4 Å². The van der Waals surface area contributed by atoms with Crippen LogP contribution in [0.4, 0.5) is 5.13 Å². The molecule has 0 saturated heterocycles. The normalized spacial score (nSPS) is 11.7. The van der Waals surface area contributed by atoms with E-state index in [1.165, 1.54) is 50.8 Å². The van der Waals surface area contributed by atoms with Gasteiger partial charge in [0.05, 0.1) is 25.7 Å². The van der Waals surface area contributed by atoms with Crippen molar-refractivity contribution >= 4 is 44.2 Å². The Labute approximate surface area is 178 Å². The average molecular weight is 461 g/mol. The Kier molecular flexibility index (Phi) is 8.25. The van der Waals surface area contributed by atoms with Crippen LogP contribution in [-0.2, 0) is 14.8 Å². The number of nitrogens with zero attached hydrogens (tertiary/aromatic N) is 3. The van der Waals surface area contributed by atoms with Crippen LogP contribution in [0.1, 0.15) is 13.8 Å². The number of sulfonamides is 1. The Bertz CT molecular complexity index is 946. The zero-order valence-corrected chi connectivity index (χ0v) is 19.3. The number of carbonyl (C=O) groups is 1. The number of benzene rings is 1. The van der Waals surface area contributed by atoms with Crippen molar-refractivity contribution in [3.8, 4) is 11.5 Å². The molecule has 1 aromatic carbocycles. The van der Waals surface area contributed by atoms with Gasteiger partial charge in [-0.15, -0.1) is 10.2 Å². The van der Waals surface area contributed by atoms with E-state index in [1.54, 1.807) is 11.8 Å². The van der Waals surface area contributed by atoms with Crippen molar-refractivity contribution in [1.82, 2.24) is 14.5 Å². The molecule has 1 N–H and O–H groups in total. The van der Waals surface area contributed by atoms with E-state index in [1.807, 2.05) is 0 Å². The number of hydrogen-bond donors (Lipinski definition) is 1. The van der Waals surface area contributed by atoms with Gasteiger partial charge < -0.3 is 9.47 Å². The van der Waals surface area contributed by atoms with Crippen molar-refractivity contribution < 1.29 is 22.7 Å². The summed E-state index contributed by atoms with van der Waals surface area (Å²) < 4.78 is 37.5. The van der Waals surface area contributed by atoms with E-state index in [0.717, 1.165) is 14.4 Å². The lowest BCUT2D eigenvalue weighted by Crippen LogP contribution is -2.35. The van der Waals surface area contributed by atoms with Gasteiger partial charge in [-0.2, -0.15) is 4.31 Å². The summed E-state index contributed by atoms with van der Waals surface area (Å²) in [5.74, 6) is 1.60. The maximum atomic E-state index is 12.8. The number of methoxy groups -OCH3 is 2. The molecule has 0 aliphatic heterocycles. The molecule has 160 valence electrons. The molecule has 1 heterocycles. The summed E-state index contributed by atoms with van der Waals surface area (Å²) in [6.45, 7) is 3.83. The molecular formula is C17H24N4O5S3. The summed E-state index contributed by atoms with van der Waals surface area (Å²) in [6, 6.07) is 4.25. The minimum Gasteiger partial charge on any atom is -0.493 e. The lowest BCUT2D eigenvalue weighted by Gasteiger charge is -2.17. The molecule has 29 heavy (non-hydrogen) atoms. The number of hydrogen-bond acceptors (Lipinski definition) is 9. The third kappa shape index (κ3) is 6.29. The summed E-state index contributed by atoms with van der Waals surface area (Å²) in [5.41, 5.74) is 0. The number of anilines is 1. The van der Waals surface area contributed by atoms with E-state index in [9.17, 15) is 13.2 Å². The molecule has 0 fully saturated rings. The highest BCUT2D eigenvalue weighted by Crippen LogP contribution is 2.30. The number of aromatic nitrogens is 2. The van der Waals surface area contributed by atoms with Crippen LogP contribution >= 0.6 is 23.1 Å². The second kappa shape index (κ2) is 10.2. The van der Waals surface area contributed by atoms with Crippen LogP contribution in [0.15, 0.2) is 27.4 Å². The molecule has 0 saturated carbocycles. The third-order valence-electron chi connectivity index (χ3n) is 3.62. The predicted octanol–water partition coefficient (Wildman–Crippen LogP) is 2.56. The molecule has 0 aliphatic carbocycles. The third-order valence-corrected chi connectivity index (χ3v) is 7.82. The fraction of sp³-hybridized carbons (Fsp3) is 0.471. The summed E-state index contributed by atoms with van der Waals surface area (Å²) >= 11 is 2.82. The molecule has 1 amide bonds. The number of amides is 1. The first kappa shape index (κ1) is 23.4. The summed E-state index contributed by atoms with van der Waals surface area (Å²) in [7, 11) is 0.311. The van der Waals surface area contributed by atoms with Gasteiger partial charge in [0.1, 0.15) is 0 Å². The molecule has 12 heteroatoms. The molecule has 2 rings (SSSR count). The van der Waals surface area contributed by atoms with Crippen LogP contribution in [-0.4, -0.2) is 62.4 Å². The van der Waals surface area contributed by atoms with Crippen LogP contribution in [0, 0.1) is 5.92 Å². The molecular weight excluding hydrogens is 436 g/mol. The Morgan fingerprint density at radius 2 is 1.93 bits per heavy atom. The van der Waals surface area contributed by atoms with Crippen molar-refractivity contribution in [2.45, 2.75) is 23.1 Å². The minimum atomic E-state index is -3.90. The zero-order valence-electron chi connectivity index (χ0n) is 16.8. The van der Waals surface area contributed by atoms with Gasteiger partial charge in [0.25, 0.3) is 0 Å². The topological polar surface area (TPSA) is 111 Å². The Morgan fingerprint density at radius 3 is 2.55 bits per heavy atom. The van der Waals surface area contributed by atoms with Gasteiger partial charge in [-0.1, -0.05) is 36.9 Å². The molecule has 9 nitrogen and oxygen atoms in total. The van der Waals surface area contributed by atoms with Crippen molar-refractivity contribution in [3.63, 3.8) is 0 Å². The Balaban J connectivity index is 2.03. The molecule has 0 spiro atoms. The van der Waals surface area contributed by atoms with Gasteiger partial charge in [0.2, 0.25) is 21.1 Å². The maximum absolute atomic E-state index is 12.8. The molecule has 0 bridgehead atoms. The van der Waals surface area contributed by atoms with Crippen LogP contribution in [0.2, 0.25) is 0 Å². The smallest absolute Gasteiger partial charge is 0.243 e. The van der Waals surface area contributed by atoms with E-state index in [-0.39, 0.29) is 17.2 Å². The van der Waals surface area contributed by atoms with Crippen LogP contribution in [0.3, 0.4) is 0 Å². The maximum Gasteiger partial charge on any atom is 0.243 e. The number of ether oxygens (including phenoxy) is 2. The van der Waals surface area contributed by atoms with Gasteiger partial charge >= 0.3 is 0 Å². The highest BCUT2D eigenvalue weighted by molar-refractivity contribution is 8.01. The van der Waals surface area contributed by atoms with E-state index < -0.39 is 15.9 Å². The number of nitrogens with one attached hydrogen (secondary N) is 1. The molecule has 1 aromatic heterocycles. The van der Waals surface area contributed by atoms with Gasteiger partial charge in [-0.05, 0) is 18.1 Å². The van der Waals surface area contributed by atoms with Gasteiger partial charge in [-0.3, -0.25) is 10.1 Å². The highest BCUT2D eigenvalue weighted by Gasteiger charge is 2.25. The predicted molar refractivity (Wildman–Crippen MR) is 113 cm³/mol. The lowest BCUT2D eigenvalue weighted by atomic mass is 10.3. The molecule has 0 atom stereocenters. The fourth-order valence-electron chi connectivity index (χ4n) is 2.16. The van der Waals surface area contributed by atoms with Crippen molar-refractivity contribution in [1.29, 1.82) is 0 Å². The van der Waals surface area contributed by atoms with Crippen molar-refractivity contribution in [2.75, 3.05) is 38.9 Å². The van der Waals surface area contributed by atoms with Crippen molar-refractivity contribution in [3.05, 3.63) is 18.2 Å². The summed E-state index contributed by atoms with van der Waals surface area (Å²) in [5, 5.41) is 10.9. The van der Waals surface area contributed by atoms with Crippen LogP contribution in [0.25, 0.3) is 0 Å². The van der Waals surface area contributed by atoms with Gasteiger partial charge in [0, 0.05) is 18.9 Å². The first-order valence-electron chi connectivity index (χ1n) is 8.62. The van der Waals surface area contributed by atoms with Crippen LogP contribution in [0.5, 0.6) is 11.5 Å². The number of likely N-dealkylation sites (N-methyl/N-ethyl adjacent to an activating group) is 1. The molecule has 0 radical (unpaired) electrons. The fourth-order valence-corrected chi connectivity index (χ4v) is 5.05. The van der Waals surface area contributed by atoms with Crippen LogP contribution < -0.4 is 14.8 Å². The van der Waals surface area contributed by atoms with E-state index in [4.69, 9.17) is 9.47 Å². The minimum absolute atomic E-state index is 0.00580. The largest absolute Gasteiger partial charge is 0.493 e. The molecule has 0 aliphatic rings. The summed E-state index contributed by atoms with van der Waals surface area (Å²) in [6.07, 6.45) is 0. The van der Waals surface area contributed by atoms with Crippen molar-refractivity contribution in [2.24, 2.45) is 5.92 Å².